The highest BCUT2D eigenvalue weighted by molar-refractivity contribution is 6.29. The zero-order chi connectivity index (χ0) is 11.1. The van der Waals surface area contributed by atoms with E-state index in [2.05, 4.69) is 11.1 Å². The van der Waals surface area contributed by atoms with Gasteiger partial charge in [0.25, 0.3) is 0 Å². The largest absolute Gasteiger partial charge is 0.300 e. The molecule has 4 heteroatoms. The highest BCUT2D eigenvalue weighted by Gasteiger charge is 2.45. The summed E-state index contributed by atoms with van der Waals surface area (Å²) in [5, 5.41) is 9.50. The Hall–Kier alpha value is -1.40. The van der Waals surface area contributed by atoms with Crippen LogP contribution in [0.15, 0.2) is 12.1 Å². The highest BCUT2D eigenvalue weighted by atomic mass is 35.5. The average molecular weight is 221 g/mol. The third-order valence-electron chi connectivity index (χ3n) is 2.69. The number of nitrogens with zero attached hydrogens (tertiary/aromatic N) is 2. The lowest BCUT2D eigenvalue weighted by atomic mass is 9.65. The summed E-state index contributed by atoms with van der Waals surface area (Å²) >= 11 is 5.83. The fraction of sp³-hybridized carbons (Fsp3) is 0.364. The van der Waals surface area contributed by atoms with Crippen molar-refractivity contribution in [3.05, 3.63) is 28.5 Å². The molecule has 0 aliphatic heterocycles. The summed E-state index contributed by atoms with van der Waals surface area (Å²) < 4.78 is 0. The van der Waals surface area contributed by atoms with Crippen LogP contribution < -0.4 is 0 Å². The normalized spacial score (nSPS) is 18.1. The lowest BCUT2D eigenvalue weighted by Gasteiger charge is -2.34. The lowest BCUT2D eigenvalue weighted by Crippen LogP contribution is -2.40. The van der Waals surface area contributed by atoms with Gasteiger partial charge in [-0.2, -0.15) is 5.26 Å². The van der Waals surface area contributed by atoms with Crippen molar-refractivity contribution < 1.29 is 4.79 Å². The number of halogens is 1. The fourth-order valence-electron chi connectivity index (χ4n) is 1.87. The topological polar surface area (TPSA) is 53.8 Å². The number of Topliss-reactive ketones (excluding diaryl/α,β-unsaturated/α-hetero) is 1. The molecule has 0 spiro atoms. The first-order valence-corrected chi connectivity index (χ1v) is 5.01. The number of carbonyl (C=O) groups excluding carboxylic acids is 1. The van der Waals surface area contributed by atoms with E-state index in [9.17, 15) is 4.79 Å². The molecule has 0 saturated heterocycles. The van der Waals surface area contributed by atoms with Crippen LogP contribution in [0, 0.1) is 18.3 Å². The summed E-state index contributed by atoms with van der Waals surface area (Å²) in [5.74, 6) is 0.127. The predicted octanol–water partition coefficient (Wildman–Crippen LogP) is 2.17. The van der Waals surface area contributed by atoms with Gasteiger partial charge in [-0.15, -0.1) is 0 Å². The molecule has 1 heterocycles. The monoisotopic (exact) mass is 220 g/mol. The van der Waals surface area contributed by atoms with E-state index in [-0.39, 0.29) is 5.78 Å². The Morgan fingerprint density at radius 3 is 2.67 bits per heavy atom. The van der Waals surface area contributed by atoms with E-state index in [4.69, 9.17) is 16.9 Å². The molecule has 0 aromatic carbocycles. The molecule has 76 valence electrons. The van der Waals surface area contributed by atoms with Crippen LogP contribution in [0.25, 0.3) is 0 Å². The van der Waals surface area contributed by atoms with Crippen molar-refractivity contribution in [1.29, 1.82) is 5.26 Å². The van der Waals surface area contributed by atoms with Gasteiger partial charge in [0.2, 0.25) is 0 Å². The Kier molecular flexibility index (Phi) is 2.24. The molecule has 1 saturated carbocycles. The van der Waals surface area contributed by atoms with E-state index in [1.165, 1.54) is 0 Å². The van der Waals surface area contributed by atoms with Crippen LogP contribution in [0.4, 0.5) is 0 Å². The van der Waals surface area contributed by atoms with E-state index in [1.807, 2.05) is 13.0 Å². The van der Waals surface area contributed by atoms with E-state index in [0.717, 1.165) is 11.3 Å². The summed E-state index contributed by atoms with van der Waals surface area (Å²) in [6, 6.07) is 5.70. The Bertz CT molecular complexity index is 448. The van der Waals surface area contributed by atoms with Gasteiger partial charge in [0, 0.05) is 18.5 Å². The van der Waals surface area contributed by atoms with Crippen LogP contribution in [0.5, 0.6) is 0 Å². The van der Waals surface area contributed by atoms with E-state index >= 15 is 0 Å². The van der Waals surface area contributed by atoms with Crippen LogP contribution in [0.3, 0.4) is 0 Å². The van der Waals surface area contributed by atoms with Crippen molar-refractivity contribution >= 4 is 17.4 Å². The number of aromatic nitrogens is 1. The number of carbonyl (C=O) groups is 1. The molecular formula is C11H9ClN2O. The SMILES string of the molecule is Cc1cc(C2(C#N)CC(=O)C2)cc(Cl)n1. The summed E-state index contributed by atoms with van der Waals surface area (Å²) in [6.07, 6.45) is 0.590. The molecule has 0 N–H and O–H groups in total. The number of ketones is 1. The van der Waals surface area contributed by atoms with Crippen LogP contribution in [0.1, 0.15) is 24.1 Å². The fourth-order valence-corrected chi connectivity index (χ4v) is 2.12. The average Bonchev–Trinajstić information content (AvgIpc) is 2.10. The van der Waals surface area contributed by atoms with Gasteiger partial charge in [-0.05, 0) is 24.6 Å². The van der Waals surface area contributed by atoms with E-state index in [1.54, 1.807) is 6.07 Å². The van der Waals surface area contributed by atoms with Crippen LogP contribution in [0.2, 0.25) is 5.15 Å². The van der Waals surface area contributed by atoms with Gasteiger partial charge >= 0.3 is 0 Å². The number of rotatable bonds is 1. The zero-order valence-electron chi connectivity index (χ0n) is 8.25. The zero-order valence-corrected chi connectivity index (χ0v) is 9.01. The molecule has 1 aromatic heterocycles. The molecule has 3 nitrogen and oxygen atoms in total. The smallest absolute Gasteiger partial charge is 0.136 e. The summed E-state index contributed by atoms with van der Waals surface area (Å²) in [4.78, 5) is 15.0. The lowest BCUT2D eigenvalue weighted by molar-refractivity contribution is -0.126. The summed E-state index contributed by atoms with van der Waals surface area (Å²) in [7, 11) is 0. The second-order valence-corrected chi connectivity index (χ2v) is 4.29. The molecule has 1 aromatic rings. The van der Waals surface area contributed by atoms with Gasteiger partial charge in [0.15, 0.2) is 0 Å². The maximum absolute atomic E-state index is 11.0. The molecule has 0 unspecified atom stereocenters. The standard InChI is InChI=1S/C11H9ClN2O/c1-7-2-8(3-10(12)14-7)11(6-13)4-9(15)5-11/h2-3H,4-5H2,1H3. The van der Waals surface area contributed by atoms with Gasteiger partial charge in [-0.25, -0.2) is 4.98 Å². The minimum absolute atomic E-state index is 0.127. The molecule has 0 amide bonds. The first kappa shape index (κ1) is 10.1. The molecule has 1 aliphatic carbocycles. The summed E-state index contributed by atoms with van der Waals surface area (Å²) in [5.41, 5.74) is 0.919. The Morgan fingerprint density at radius 2 is 2.20 bits per heavy atom. The minimum atomic E-state index is -0.658. The van der Waals surface area contributed by atoms with Crippen molar-refractivity contribution in [2.24, 2.45) is 0 Å². The number of pyridine rings is 1. The first-order valence-electron chi connectivity index (χ1n) is 4.63. The Balaban J connectivity index is 2.45. The first-order chi connectivity index (χ1) is 7.05. The molecule has 1 aliphatic rings. The molecular weight excluding hydrogens is 212 g/mol. The quantitative estimate of drug-likeness (QED) is 0.682. The van der Waals surface area contributed by atoms with Crippen molar-refractivity contribution in [3.8, 4) is 6.07 Å². The molecule has 1 fully saturated rings. The number of aryl methyl sites for hydroxylation is 1. The molecule has 0 radical (unpaired) electrons. The van der Waals surface area contributed by atoms with Gasteiger partial charge in [0.1, 0.15) is 10.9 Å². The minimum Gasteiger partial charge on any atom is -0.300 e. The third-order valence-corrected chi connectivity index (χ3v) is 2.88. The van der Waals surface area contributed by atoms with Gasteiger partial charge < -0.3 is 0 Å². The Labute approximate surface area is 92.7 Å². The van der Waals surface area contributed by atoms with Crippen molar-refractivity contribution in [1.82, 2.24) is 4.98 Å². The number of hydrogen-bond donors (Lipinski definition) is 0. The van der Waals surface area contributed by atoms with Crippen LogP contribution >= 0.6 is 11.6 Å². The van der Waals surface area contributed by atoms with Gasteiger partial charge in [-0.3, -0.25) is 4.79 Å². The molecule has 15 heavy (non-hydrogen) atoms. The van der Waals surface area contributed by atoms with Crippen LogP contribution in [-0.2, 0) is 10.2 Å². The number of hydrogen-bond acceptors (Lipinski definition) is 3. The van der Waals surface area contributed by atoms with Gasteiger partial charge in [0.05, 0.1) is 11.5 Å². The molecule has 0 bridgehead atoms. The predicted molar refractivity (Wildman–Crippen MR) is 55.5 cm³/mol. The van der Waals surface area contributed by atoms with E-state index in [0.29, 0.717) is 18.0 Å². The van der Waals surface area contributed by atoms with Crippen molar-refractivity contribution in [2.45, 2.75) is 25.2 Å². The molecule has 0 atom stereocenters. The van der Waals surface area contributed by atoms with E-state index < -0.39 is 5.41 Å². The molecule has 2 rings (SSSR count). The van der Waals surface area contributed by atoms with Crippen LogP contribution in [-0.4, -0.2) is 10.8 Å². The summed E-state index contributed by atoms with van der Waals surface area (Å²) in [6.45, 7) is 1.82. The maximum atomic E-state index is 11.0. The van der Waals surface area contributed by atoms with Gasteiger partial charge in [-0.1, -0.05) is 11.6 Å². The third kappa shape index (κ3) is 1.62. The van der Waals surface area contributed by atoms with Crippen molar-refractivity contribution in [3.63, 3.8) is 0 Å². The second kappa shape index (κ2) is 3.32. The second-order valence-electron chi connectivity index (χ2n) is 3.91. The number of nitriles is 1. The van der Waals surface area contributed by atoms with Crippen molar-refractivity contribution in [2.75, 3.05) is 0 Å². The Morgan fingerprint density at radius 1 is 1.53 bits per heavy atom. The maximum Gasteiger partial charge on any atom is 0.136 e. The highest BCUT2D eigenvalue weighted by Crippen LogP contribution is 2.41.